The molecule has 0 N–H and O–H groups in total. The summed E-state index contributed by atoms with van der Waals surface area (Å²) in [6, 6.07) is 4.05. The van der Waals surface area contributed by atoms with Gasteiger partial charge in [-0.2, -0.15) is 0 Å². The summed E-state index contributed by atoms with van der Waals surface area (Å²) in [6.45, 7) is 4.18. The molecular formula is C20H25N5O. The van der Waals surface area contributed by atoms with E-state index >= 15 is 0 Å². The van der Waals surface area contributed by atoms with E-state index in [-0.39, 0.29) is 5.91 Å². The molecule has 2 aliphatic heterocycles. The van der Waals surface area contributed by atoms with Crippen LogP contribution in [0.1, 0.15) is 42.5 Å². The molecule has 0 bridgehead atoms. The van der Waals surface area contributed by atoms with Crippen molar-refractivity contribution in [3.63, 3.8) is 0 Å². The lowest BCUT2D eigenvalue weighted by atomic mass is 10.0. The Balaban J connectivity index is 1.48. The second-order valence-electron chi connectivity index (χ2n) is 7.19. The number of piperidine rings is 1. The highest BCUT2D eigenvalue weighted by atomic mass is 16.2. The van der Waals surface area contributed by atoms with Gasteiger partial charge in [-0.25, -0.2) is 9.97 Å². The third-order valence-electron chi connectivity index (χ3n) is 5.39. The van der Waals surface area contributed by atoms with Gasteiger partial charge < -0.3 is 9.80 Å². The predicted molar refractivity (Wildman–Crippen MR) is 99.6 cm³/mol. The van der Waals surface area contributed by atoms with Gasteiger partial charge in [-0.1, -0.05) is 0 Å². The van der Waals surface area contributed by atoms with E-state index in [1.165, 1.54) is 32.4 Å². The van der Waals surface area contributed by atoms with Crippen molar-refractivity contribution in [1.29, 1.82) is 0 Å². The van der Waals surface area contributed by atoms with Gasteiger partial charge in [0.25, 0.3) is 5.91 Å². The molecule has 26 heavy (non-hydrogen) atoms. The van der Waals surface area contributed by atoms with Crippen LogP contribution in [-0.2, 0) is 0 Å². The fourth-order valence-electron chi connectivity index (χ4n) is 3.98. The second kappa shape index (κ2) is 7.91. The van der Waals surface area contributed by atoms with E-state index in [1.54, 1.807) is 24.8 Å². The fourth-order valence-corrected chi connectivity index (χ4v) is 3.98. The van der Waals surface area contributed by atoms with Crippen molar-refractivity contribution in [2.24, 2.45) is 0 Å². The molecule has 136 valence electrons. The Morgan fingerprint density at radius 1 is 1.00 bits per heavy atom. The number of nitrogens with zero attached hydrogens (tertiary/aromatic N) is 5. The lowest BCUT2D eigenvalue weighted by Crippen LogP contribution is -2.49. The Hall–Kier alpha value is -2.34. The van der Waals surface area contributed by atoms with Crippen molar-refractivity contribution >= 4 is 5.91 Å². The van der Waals surface area contributed by atoms with E-state index in [1.807, 2.05) is 17.0 Å². The minimum atomic E-state index is 0.0650. The van der Waals surface area contributed by atoms with E-state index in [4.69, 9.17) is 0 Å². The van der Waals surface area contributed by atoms with Gasteiger partial charge in [0, 0.05) is 49.5 Å². The van der Waals surface area contributed by atoms with Crippen LogP contribution in [0.4, 0.5) is 0 Å². The number of amides is 1. The van der Waals surface area contributed by atoms with Crippen molar-refractivity contribution < 1.29 is 4.79 Å². The Bertz CT molecular complexity index is 728. The highest BCUT2D eigenvalue weighted by molar-refractivity contribution is 5.94. The number of aromatic nitrogens is 3. The minimum absolute atomic E-state index is 0.0650. The number of rotatable bonds is 4. The van der Waals surface area contributed by atoms with Crippen molar-refractivity contribution in [3.8, 4) is 11.4 Å². The Morgan fingerprint density at radius 3 is 2.42 bits per heavy atom. The molecule has 0 radical (unpaired) electrons. The van der Waals surface area contributed by atoms with Crippen molar-refractivity contribution in [2.75, 3.05) is 26.2 Å². The number of likely N-dealkylation sites (tertiary alicyclic amines) is 2. The molecule has 0 aromatic carbocycles. The largest absolute Gasteiger partial charge is 0.334 e. The lowest BCUT2D eigenvalue weighted by Gasteiger charge is -2.37. The van der Waals surface area contributed by atoms with E-state index in [9.17, 15) is 4.79 Å². The zero-order chi connectivity index (χ0) is 17.8. The highest BCUT2D eigenvalue weighted by Gasteiger charge is 2.30. The number of hydrogen-bond donors (Lipinski definition) is 0. The van der Waals surface area contributed by atoms with E-state index in [0.717, 1.165) is 31.5 Å². The van der Waals surface area contributed by atoms with Crippen LogP contribution < -0.4 is 0 Å². The maximum absolute atomic E-state index is 13.0. The van der Waals surface area contributed by atoms with Gasteiger partial charge in [-0.15, -0.1) is 0 Å². The summed E-state index contributed by atoms with van der Waals surface area (Å²) >= 11 is 0. The lowest BCUT2D eigenvalue weighted by molar-refractivity contribution is 0.0560. The molecule has 0 spiro atoms. The molecule has 0 unspecified atom stereocenters. The molecule has 2 aliphatic rings. The van der Waals surface area contributed by atoms with Crippen molar-refractivity contribution in [2.45, 2.75) is 38.1 Å². The predicted octanol–water partition coefficient (Wildman–Crippen LogP) is 2.63. The van der Waals surface area contributed by atoms with Gasteiger partial charge in [0.2, 0.25) is 0 Å². The Labute approximate surface area is 154 Å². The normalized spacial score (nSPS) is 21.1. The number of pyridine rings is 1. The summed E-state index contributed by atoms with van der Waals surface area (Å²) in [4.78, 5) is 30.4. The van der Waals surface area contributed by atoms with E-state index < -0.39 is 0 Å². The van der Waals surface area contributed by atoms with Gasteiger partial charge in [-0.3, -0.25) is 9.78 Å². The molecule has 0 saturated carbocycles. The fraction of sp³-hybridized carbons (Fsp3) is 0.500. The van der Waals surface area contributed by atoms with Crippen LogP contribution >= 0.6 is 0 Å². The first-order valence-corrected chi connectivity index (χ1v) is 9.57. The summed E-state index contributed by atoms with van der Waals surface area (Å²) in [7, 11) is 0. The molecule has 2 aromatic rings. The van der Waals surface area contributed by atoms with Crippen LogP contribution in [0.2, 0.25) is 0 Å². The van der Waals surface area contributed by atoms with Gasteiger partial charge in [-0.05, 0) is 57.3 Å². The van der Waals surface area contributed by atoms with Gasteiger partial charge in [0.15, 0.2) is 5.82 Å². The SMILES string of the molecule is O=C(c1cnc(-c2ccncc2)nc1)N1CCCC[C@@H]1CN1CCCC1. The summed E-state index contributed by atoms with van der Waals surface area (Å²) in [5, 5.41) is 0. The molecule has 6 heteroatoms. The van der Waals surface area contributed by atoms with Gasteiger partial charge >= 0.3 is 0 Å². The number of carbonyl (C=O) groups excluding carboxylic acids is 1. The van der Waals surface area contributed by atoms with Crippen LogP contribution in [0.5, 0.6) is 0 Å². The highest BCUT2D eigenvalue weighted by Crippen LogP contribution is 2.22. The average molecular weight is 351 g/mol. The first-order chi connectivity index (χ1) is 12.8. The summed E-state index contributed by atoms with van der Waals surface area (Å²) in [6.07, 6.45) is 12.7. The smallest absolute Gasteiger partial charge is 0.257 e. The van der Waals surface area contributed by atoms with Crippen LogP contribution in [0.3, 0.4) is 0 Å². The van der Waals surface area contributed by atoms with Crippen LogP contribution in [0, 0.1) is 0 Å². The number of hydrogen-bond acceptors (Lipinski definition) is 5. The molecular weight excluding hydrogens is 326 g/mol. The third kappa shape index (κ3) is 3.75. The van der Waals surface area contributed by atoms with Gasteiger partial charge in [0.05, 0.1) is 5.56 Å². The molecule has 4 heterocycles. The molecule has 6 nitrogen and oxygen atoms in total. The summed E-state index contributed by atoms with van der Waals surface area (Å²) in [5.41, 5.74) is 1.49. The molecule has 2 fully saturated rings. The minimum Gasteiger partial charge on any atom is -0.334 e. The molecule has 2 aromatic heterocycles. The topological polar surface area (TPSA) is 62.2 Å². The maximum Gasteiger partial charge on any atom is 0.257 e. The standard InChI is InChI=1S/C20H25N5O/c26-20(17-13-22-19(23-14-17)16-6-8-21-9-7-16)25-12-2-1-5-18(25)15-24-10-3-4-11-24/h6-9,13-14,18H,1-5,10-12,15H2/t18-/m1/s1. The summed E-state index contributed by atoms with van der Waals surface area (Å²) in [5.74, 6) is 0.686. The van der Waals surface area contributed by atoms with E-state index in [0.29, 0.717) is 17.4 Å². The number of carbonyl (C=O) groups is 1. The second-order valence-corrected chi connectivity index (χ2v) is 7.19. The maximum atomic E-state index is 13.0. The van der Waals surface area contributed by atoms with Crippen LogP contribution in [0.25, 0.3) is 11.4 Å². The third-order valence-corrected chi connectivity index (χ3v) is 5.39. The molecule has 2 saturated heterocycles. The average Bonchev–Trinajstić information content (AvgIpc) is 3.22. The van der Waals surface area contributed by atoms with Gasteiger partial charge in [0.1, 0.15) is 0 Å². The monoisotopic (exact) mass is 351 g/mol. The zero-order valence-electron chi connectivity index (χ0n) is 15.0. The van der Waals surface area contributed by atoms with Crippen molar-refractivity contribution in [3.05, 3.63) is 42.5 Å². The quantitative estimate of drug-likeness (QED) is 0.847. The Morgan fingerprint density at radius 2 is 1.69 bits per heavy atom. The molecule has 4 rings (SSSR count). The van der Waals surface area contributed by atoms with Crippen LogP contribution in [-0.4, -0.2) is 62.9 Å². The zero-order valence-corrected chi connectivity index (χ0v) is 15.0. The van der Waals surface area contributed by atoms with Crippen LogP contribution in [0.15, 0.2) is 36.9 Å². The molecule has 1 amide bonds. The molecule has 1 atom stereocenters. The molecule has 0 aliphatic carbocycles. The van der Waals surface area contributed by atoms with E-state index in [2.05, 4.69) is 19.9 Å². The summed E-state index contributed by atoms with van der Waals surface area (Å²) < 4.78 is 0. The first kappa shape index (κ1) is 17.1. The van der Waals surface area contributed by atoms with Crippen molar-refractivity contribution in [1.82, 2.24) is 24.8 Å². The first-order valence-electron chi connectivity index (χ1n) is 9.57. The Kier molecular flexibility index (Phi) is 5.20.